The van der Waals surface area contributed by atoms with E-state index in [1.807, 2.05) is 60.0 Å². The Labute approximate surface area is 157 Å². The van der Waals surface area contributed by atoms with Gasteiger partial charge in [-0.3, -0.25) is 4.79 Å². The van der Waals surface area contributed by atoms with Crippen molar-refractivity contribution in [3.63, 3.8) is 0 Å². The fraction of sp³-hybridized carbons (Fsp3) is 0.238. The molecule has 0 saturated heterocycles. The molecular formula is C21H22N2O2S. The number of aromatic nitrogens is 1. The predicted molar refractivity (Wildman–Crippen MR) is 107 cm³/mol. The van der Waals surface area contributed by atoms with Crippen molar-refractivity contribution in [3.8, 4) is 16.3 Å². The number of anilines is 1. The van der Waals surface area contributed by atoms with Gasteiger partial charge in [0, 0.05) is 16.6 Å². The molecule has 3 aromatic rings. The van der Waals surface area contributed by atoms with Crippen LogP contribution in [0.25, 0.3) is 10.6 Å². The fourth-order valence-electron chi connectivity index (χ4n) is 2.37. The number of nitrogens with zero attached hydrogens (tertiary/aromatic N) is 1. The molecule has 0 saturated carbocycles. The second kappa shape index (κ2) is 8.63. The summed E-state index contributed by atoms with van der Waals surface area (Å²) in [4.78, 5) is 16.8. The zero-order valence-electron chi connectivity index (χ0n) is 14.9. The third-order valence-electron chi connectivity index (χ3n) is 3.64. The van der Waals surface area contributed by atoms with Crippen LogP contribution in [-0.2, 0) is 11.2 Å². The van der Waals surface area contributed by atoms with Gasteiger partial charge in [-0.1, -0.05) is 44.2 Å². The van der Waals surface area contributed by atoms with Gasteiger partial charge in [0.05, 0.1) is 18.7 Å². The summed E-state index contributed by atoms with van der Waals surface area (Å²) in [6.45, 7) is 4.89. The molecule has 1 N–H and O–H groups in total. The summed E-state index contributed by atoms with van der Waals surface area (Å²) >= 11 is 1.55. The Morgan fingerprint density at radius 2 is 1.85 bits per heavy atom. The zero-order valence-corrected chi connectivity index (χ0v) is 15.8. The first-order chi connectivity index (χ1) is 12.6. The first kappa shape index (κ1) is 18.1. The highest BCUT2D eigenvalue weighted by molar-refractivity contribution is 7.13. The van der Waals surface area contributed by atoms with Gasteiger partial charge in [-0.05, 0) is 30.2 Å². The van der Waals surface area contributed by atoms with Crippen molar-refractivity contribution < 1.29 is 9.53 Å². The molecule has 1 heterocycles. The number of nitrogens with one attached hydrogen (secondary N) is 1. The molecule has 0 aliphatic carbocycles. The maximum atomic E-state index is 12.2. The van der Waals surface area contributed by atoms with E-state index in [1.54, 1.807) is 11.3 Å². The quantitative estimate of drug-likeness (QED) is 0.638. The number of rotatable bonds is 7. The molecule has 1 aromatic heterocycles. The maximum Gasteiger partial charge on any atom is 0.230 e. The molecule has 4 nitrogen and oxygen atoms in total. The van der Waals surface area contributed by atoms with Crippen LogP contribution in [-0.4, -0.2) is 17.5 Å². The van der Waals surface area contributed by atoms with E-state index in [0.29, 0.717) is 12.5 Å². The largest absolute Gasteiger partial charge is 0.493 e. The first-order valence-electron chi connectivity index (χ1n) is 8.62. The van der Waals surface area contributed by atoms with E-state index in [9.17, 15) is 4.79 Å². The Balaban J connectivity index is 1.55. The normalized spacial score (nSPS) is 10.7. The highest BCUT2D eigenvalue weighted by Gasteiger charge is 2.09. The minimum atomic E-state index is -0.0780. The van der Waals surface area contributed by atoms with Gasteiger partial charge in [0.1, 0.15) is 10.8 Å². The summed E-state index contributed by atoms with van der Waals surface area (Å²) in [5.41, 5.74) is 2.61. The summed E-state index contributed by atoms with van der Waals surface area (Å²) in [5.74, 6) is 1.21. The molecule has 0 bridgehead atoms. The minimum absolute atomic E-state index is 0.0780. The first-order valence-corrected chi connectivity index (χ1v) is 9.50. The third kappa shape index (κ3) is 5.17. The highest BCUT2D eigenvalue weighted by atomic mass is 32.1. The summed E-state index contributed by atoms with van der Waals surface area (Å²) < 4.78 is 5.65. The summed E-state index contributed by atoms with van der Waals surface area (Å²) in [6, 6.07) is 17.4. The lowest BCUT2D eigenvalue weighted by Crippen LogP contribution is -2.14. The van der Waals surface area contributed by atoms with Crippen LogP contribution < -0.4 is 10.1 Å². The van der Waals surface area contributed by atoms with E-state index in [-0.39, 0.29) is 12.3 Å². The van der Waals surface area contributed by atoms with Crippen molar-refractivity contribution in [2.75, 3.05) is 11.9 Å². The number of benzene rings is 2. The molecule has 0 aliphatic heterocycles. The number of hydrogen-bond acceptors (Lipinski definition) is 4. The van der Waals surface area contributed by atoms with Crippen LogP contribution in [0.1, 0.15) is 19.5 Å². The predicted octanol–water partition coefficient (Wildman–Crippen LogP) is 5.03. The van der Waals surface area contributed by atoms with Gasteiger partial charge < -0.3 is 10.1 Å². The van der Waals surface area contributed by atoms with Crippen molar-refractivity contribution >= 4 is 22.9 Å². The molecule has 0 aliphatic rings. The topological polar surface area (TPSA) is 51.2 Å². The van der Waals surface area contributed by atoms with Crippen LogP contribution >= 0.6 is 11.3 Å². The molecular weight excluding hydrogens is 344 g/mol. The maximum absolute atomic E-state index is 12.2. The van der Waals surface area contributed by atoms with Gasteiger partial charge >= 0.3 is 0 Å². The average Bonchev–Trinajstić information content (AvgIpc) is 3.10. The second-order valence-electron chi connectivity index (χ2n) is 6.46. The standard InChI is InChI=1S/C21H22N2O2S/c1-15(2)13-25-19-10-8-17(9-11-19)22-20(24)12-18-14-26-21(23-18)16-6-4-3-5-7-16/h3-11,14-15H,12-13H2,1-2H3,(H,22,24). The smallest absolute Gasteiger partial charge is 0.230 e. The number of hydrogen-bond donors (Lipinski definition) is 1. The molecule has 1 amide bonds. The summed E-state index contributed by atoms with van der Waals surface area (Å²) in [6.07, 6.45) is 0.259. The van der Waals surface area contributed by atoms with Gasteiger partial charge in [0.2, 0.25) is 5.91 Å². The van der Waals surface area contributed by atoms with Gasteiger partial charge in [-0.2, -0.15) is 0 Å². The van der Waals surface area contributed by atoms with Crippen molar-refractivity contribution in [1.82, 2.24) is 4.98 Å². The number of carbonyl (C=O) groups excluding carboxylic acids is 1. The van der Waals surface area contributed by atoms with Crippen LogP contribution in [0.5, 0.6) is 5.75 Å². The Kier molecular flexibility index (Phi) is 6.02. The van der Waals surface area contributed by atoms with Crippen molar-refractivity contribution in [3.05, 3.63) is 65.7 Å². The number of carbonyl (C=O) groups is 1. The molecule has 134 valence electrons. The van der Waals surface area contributed by atoms with Crippen LogP contribution in [0.4, 0.5) is 5.69 Å². The molecule has 26 heavy (non-hydrogen) atoms. The number of amides is 1. The fourth-order valence-corrected chi connectivity index (χ4v) is 3.19. The molecule has 3 rings (SSSR count). The zero-order chi connectivity index (χ0) is 18.4. The van der Waals surface area contributed by atoms with E-state index in [4.69, 9.17) is 4.74 Å². The SMILES string of the molecule is CC(C)COc1ccc(NC(=O)Cc2csc(-c3ccccc3)n2)cc1. The molecule has 5 heteroatoms. The lowest BCUT2D eigenvalue weighted by atomic mass is 10.2. The summed E-state index contributed by atoms with van der Waals surface area (Å²) in [7, 11) is 0. The molecule has 2 aromatic carbocycles. The number of thiazole rings is 1. The van der Waals surface area contributed by atoms with Crippen LogP contribution in [0.3, 0.4) is 0 Å². The Morgan fingerprint density at radius 3 is 2.54 bits per heavy atom. The van der Waals surface area contributed by atoms with Gasteiger partial charge in [0.15, 0.2) is 0 Å². The van der Waals surface area contributed by atoms with E-state index in [2.05, 4.69) is 24.1 Å². The Bertz CT molecular complexity index is 842. The van der Waals surface area contributed by atoms with Crippen LogP contribution in [0.15, 0.2) is 60.0 Å². The average molecular weight is 366 g/mol. The molecule has 0 fully saturated rings. The van der Waals surface area contributed by atoms with Crippen LogP contribution in [0.2, 0.25) is 0 Å². The summed E-state index contributed by atoms with van der Waals surface area (Å²) in [5, 5.41) is 5.77. The second-order valence-corrected chi connectivity index (χ2v) is 7.32. The van der Waals surface area contributed by atoms with Crippen LogP contribution in [0, 0.1) is 5.92 Å². The van der Waals surface area contributed by atoms with Gasteiger partial charge in [-0.25, -0.2) is 4.98 Å². The number of ether oxygens (including phenoxy) is 1. The minimum Gasteiger partial charge on any atom is -0.493 e. The third-order valence-corrected chi connectivity index (χ3v) is 4.58. The molecule has 0 spiro atoms. The molecule has 0 radical (unpaired) electrons. The van der Waals surface area contributed by atoms with E-state index in [1.165, 1.54) is 0 Å². The highest BCUT2D eigenvalue weighted by Crippen LogP contribution is 2.23. The van der Waals surface area contributed by atoms with E-state index < -0.39 is 0 Å². The van der Waals surface area contributed by atoms with Crippen molar-refractivity contribution in [1.29, 1.82) is 0 Å². The lowest BCUT2D eigenvalue weighted by molar-refractivity contribution is -0.115. The van der Waals surface area contributed by atoms with E-state index >= 15 is 0 Å². The van der Waals surface area contributed by atoms with Crippen molar-refractivity contribution in [2.45, 2.75) is 20.3 Å². The van der Waals surface area contributed by atoms with E-state index in [0.717, 1.165) is 27.7 Å². The monoisotopic (exact) mass is 366 g/mol. The molecule has 0 atom stereocenters. The van der Waals surface area contributed by atoms with Gasteiger partial charge in [-0.15, -0.1) is 11.3 Å². The lowest BCUT2D eigenvalue weighted by Gasteiger charge is -2.09. The van der Waals surface area contributed by atoms with Gasteiger partial charge in [0.25, 0.3) is 0 Å². The van der Waals surface area contributed by atoms with Crippen molar-refractivity contribution in [2.24, 2.45) is 5.92 Å². The Hall–Kier alpha value is -2.66. The molecule has 0 unspecified atom stereocenters. The Morgan fingerprint density at radius 1 is 1.12 bits per heavy atom.